The number of carbonyl (C=O) groups is 2. The van der Waals surface area contributed by atoms with Crippen LogP contribution in [0.15, 0.2) is 12.4 Å². The van der Waals surface area contributed by atoms with Gasteiger partial charge in [-0.25, -0.2) is 14.8 Å². The zero-order chi connectivity index (χ0) is 13.7. The molecule has 6 heteroatoms. The van der Waals surface area contributed by atoms with Gasteiger partial charge in [0.1, 0.15) is 5.69 Å². The lowest BCUT2D eigenvalue weighted by molar-refractivity contribution is 0.0686. The SMILES string of the molecule is CCC(C)CN(C)C(=O)c1cnc(C(=O)O)cn1. The molecular weight excluding hydrogens is 234 g/mol. The molecule has 1 unspecified atom stereocenters. The van der Waals surface area contributed by atoms with Crippen LogP contribution in [-0.2, 0) is 0 Å². The highest BCUT2D eigenvalue weighted by atomic mass is 16.4. The Balaban J connectivity index is 2.74. The quantitative estimate of drug-likeness (QED) is 0.852. The Morgan fingerprint density at radius 2 is 1.89 bits per heavy atom. The Labute approximate surface area is 106 Å². The average molecular weight is 251 g/mol. The first kappa shape index (κ1) is 14.1. The van der Waals surface area contributed by atoms with Crippen LogP contribution in [0.5, 0.6) is 0 Å². The van der Waals surface area contributed by atoms with Crippen molar-refractivity contribution in [2.45, 2.75) is 20.3 Å². The molecule has 0 spiro atoms. The molecule has 1 N–H and O–H groups in total. The summed E-state index contributed by atoms with van der Waals surface area (Å²) in [6.45, 7) is 4.76. The molecule has 1 aromatic rings. The maximum absolute atomic E-state index is 12.0. The van der Waals surface area contributed by atoms with Crippen LogP contribution >= 0.6 is 0 Å². The predicted molar refractivity (Wildman–Crippen MR) is 65.4 cm³/mol. The van der Waals surface area contributed by atoms with Crippen LogP contribution in [0.2, 0.25) is 0 Å². The fourth-order valence-electron chi connectivity index (χ4n) is 1.42. The summed E-state index contributed by atoms with van der Waals surface area (Å²) >= 11 is 0. The van der Waals surface area contributed by atoms with Gasteiger partial charge in [0, 0.05) is 13.6 Å². The van der Waals surface area contributed by atoms with Crippen molar-refractivity contribution >= 4 is 11.9 Å². The monoisotopic (exact) mass is 251 g/mol. The smallest absolute Gasteiger partial charge is 0.356 e. The number of carboxylic acids is 1. The topological polar surface area (TPSA) is 83.4 Å². The fourth-order valence-corrected chi connectivity index (χ4v) is 1.42. The number of hydrogen-bond donors (Lipinski definition) is 1. The van der Waals surface area contributed by atoms with Gasteiger partial charge in [-0.05, 0) is 5.92 Å². The van der Waals surface area contributed by atoms with E-state index in [2.05, 4.69) is 23.8 Å². The maximum atomic E-state index is 12.0. The zero-order valence-corrected chi connectivity index (χ0v) is 10.8. The van der Waals surface area contributed by atoms with Crippen molar-refractivity contribution in [2.75, 3.05) is 13.6 Å². The lowest BCUT2D eigenvalue weighted by Crippen LogP contribution is -2.31. The Morgan fingerprint density at radius 3 is 2.33 bits per heavy atom. The molecule has 6 nitrogen and oxygen atoms in total. The van der Waals surface area contributed by atoms with Crippen molar-refractivity contribution < 1.29 is 14.7 Å². The second-order valence-corrected chi connectivity index (χ2v) is 4.29. The predicted octanol–water partition coefficient (Wildman–Crippen LogP) is 1.29. The van der Waals surface area contributed by atoms with Crippen molar-refractivity contribution in [3.05, 3.63) is 23.8 Å². The molecule has 0 saturated carbocycles. The molecule has 0 aliphatic heterocycles. The number of amides is 1. The molecule has 0 aliphatic rings. The minimum absolute atomic E-state index is 0.158. The number of hydrogen-bond acceptors (Lipinski definition) is 4. The molecule has 1 heterocycles. The number of carbonyl (C=O) groups excluding carboxylic acids is 1. The number of aromatic nitrogens is 2. The van der Waals surface area contributed by atoms with E-state index in [-0.39, 0.29) is 17.3 Å². The van der Waals surface area contributed by atoms with Crippen molar-refractivity contribution in [2.24, 2.45) is 5.92 Å². The Hall–Kier alpha value is -1.98. The van der Waals surface area contributed by atoms with Crippen LogP contribution in [0.25, 0.3) is 0 Å². The molecule has 98 valence electrons. The number of rotatable bonds is 5. The summed E-state index contributed by atoms with van der Waals surface area (Å²) in [4.78, 5) is 31.6. The Kier molecular flexibility index (Phi) is 4.76. The van der Waals surface area contributed by atoms with E-state index in [1.165, 1.54) is 6.20 Å². The molecule has 1 aromatic heterocycles. The van der Waals surface area contributed by atoms with E-state index < -0.39 is 5.97 Å². The second kappa shape index (κ2) is 6.09. The molecule has 1 atom stereocenters. The largest absolute Gasteiger partial charge is 0.476 e. The van der Waals surface area contributed by atoms with Gasteiger partial charge in [0.05, 0.1) is 12.4 Å². The highest BCUT2D eigenvalue weighted by Crippen LogP contribution is 2.06. The minimum atomic E-state index is -1.16. The van der Waals surface area contributed by atoms with E-state index in [9.17, 15) is 9.59 Å². The van der Waals surface area contributed by atoms with Crippen LogP contribution in [0.4, 0.5) is 0 Å². The van der Waals surface area contributed by atoms with E-state index in [4.69, 9.17) is 5.11 Å². The lowest BCUT2D eigenvalue weighted by Gasteiger charge is -2.20. The van der Waals surface area contributed by atoms with E-state index in [1.807, 2.05) is 0 Å². The van der Waals surface area contributed by atoms with E-state index in [1.54, 1.807) is 11.9 Å². The summed E-state index contributed by atoms with van der Waals surface area (Å²) in [6.07, 6.45) is 3.27. The van der Waals surface area contributed by atoms with Gasteiger partial charge in [0.2, 0.25) is 0 Å². The van der Waals surface area contributed by atoms with Crippen LogP contribution in [0, 0.1) is 5.92 Å². The molecule has 18 heavy (non-hydrogen) atoms. The normalized spacial score (nSPS) is 11.9. The highest BCUT2D eigenvalue weighted by Gasteiger charge is 2.16. The van der Waals surface area contributed by atoms with E-state index >= 15 is 0 Å². The third-order valence-electron chi connectivity index (χ3n) is 2.72. The van der Waals surface area contributed by atoms with Gasteiger partial charge in [-0.1, -0.05) is 20.3 Å². The molecular formula is C12H17N3O3. The van der Waals surface area contributed by atoms with Gasteiger partial charge in [-0.15, -0.1) is 0 Å². The first-order valence-corrected chi connectivity index (χ1v) is 5.76. The molecule has 1 rings (SSSR count). The van der Waals surface area contributed by atoms with Gasteiger partial charge in [-0.2, -0.15) is 0 Å². The minimum Gasteiger partial charge on any atom is -0.476 e. The first-order valence-electron chi connectivity index (χ1n) is 5.76. The molecule has 1 amide bonds. The summed E-state index contributed by atoms with van der Waals surface area (Å²) in [5.74, 6) is -1.00. The molecule has 0 saturated heterocycles. The van der Waals surface area contributed by atoms with E-state index in [0.29, 0.717) is 12.5 Å². The maximum Gasteiger partial charge on any atom is 0.356 e. The van der Waals surface area contributed by atoms with Gasteiger partial charge >= 0.3 is 5.97 Å². The standard InChI is InChI=1S/C12H17N3O3/c1-4-8(2)7-15(3)11(16)9-5-14-10(6-13-9)12(17)18/h5-6,8H,4,7H2,1-3H3,(H,17,18). The van der Waals surface area contributed by atoms with Crippen LogP contribution in [0.3, 0.4) is 0 Å². The molecule has 0 bridgehead atoms. The number of carboxylic acid groups (broad SMARTS) is 1. The molecule has 0 radical (unpaired) electrons. The Bertz CT molecular complexity index is 431. The van der Waals surface area contributed by atoms with Crippen molar-refractivity contribution in [1.29, 1.82) is 0 Å². The third-order valence-corrected chi connectivity index (χ3v) is 2.72. The summed E-state index contributed by atoms with van der Waals surface area (Å²) in [7, 11) is 1.70. The van der Waals surface area contributed by atoms with Gasteiger partial charge in [0.25, 0.3) is 5.91 Å². The molecule has 0 fully saturated rings. The second-order valence-electron chi connectivity index (χ2n) is 4.29. The Morgan fingerprint density at radius 1 is 1.33 bits per heavy atom. The summed E-state index contributed by atoms with van der Waals surface area (Å²) in [5.41, 5.74) is -0.0121. The van der Waals surface area contributed by atoms with Crippen molar-refractivity contribution in [1.82, 2.24) is 14.9 Å². The van der Waals surface area contributed by atoms with Crippen LogP contribution < -0.4 is 0 Å². The first-order chi connectivity index (χ1) is 8.45. The number of aromatic carboxylic acids is 1. The van der Waals surface area contributed by atoms with Gasteiger partial charge in [-0.3, -0.25) is 4.79 Å². The molecule has 0 aromatic carbocycles. The van der Waals surface area contributed by atoms with Crippen LogP contribution in [0.1, 0.15) is 41.2 Å². The summed E-state index contributed by atoms with van der Waals surface area (Å²) in [6, 6.07) is 0. The van der Waals surface area contributed by atoms with Crippen molar-refractivity contribution in [3.8, 4) is 0 Å². The summed E-state index contributed by atoms with van der Waals surface area (Å²) in [5, 5.41) is 8.68. The van der Waals surface area contributed by atoms with Gasteiger partial charge in [0.15, 0.2) is 5.69 Å². The average Bonchev–Trinajstić information content (AvgIpc) is 2.37. The van der Waals surface area contributed by atoms with Gasteiger partial charge < -0.3 is 10.0 Å². The third kappa shape index (κ3) is 3.51. The fraction of sp³-hybridized carbons (Fsp3) is 0.500. The van der Waals surface area contributed by atoms with E-state index in [0.717, 1.165) is 12.6 Å². The zero-order valence-electron chi connectivity index (χ0n) is 10.8. The van der Waals surface area contributed by atoms with Crippen LogP contribution in [-0.4, -0.2) is 45.4 Å². The van der Waals surface area contributed by atoms with Crippen molar-refractivity contribution in [3.63, 3.8) is 0 Å². The lowest BCUT2D eigenvalue weighted by atomic mass is 10.1. The molecule has 0 aliphatic carbocycles. The highest BCUT2D eigenvalue weighted by molar-refractivity contribution is 5.92. The summed E-state index contributed by atoms with van der Waals surface area (Å²) < 4.78 is 0. The number of nitrogens with zero attached hydrogens (tertiary/aromatic N) is 3.